The van der Waals surface area contributed by atoms with E-state index in [9.17, 15) is 0 Å². The van der Waals surface area contributed by atoms with Gasteiger partial charge in [-0.15, -0.1) is 0 Å². The zero-order valence-electron chi connectivity index (χ0n) is 10.6. The lowest BCUT2D eigenvalue weighted by Gasteiger charge is -2.19. The Balaban J connectivity index is 2.11. The van der Waals surface area contributed by atoms with Gasteiger partial charge in [-0.05, 0) is 23.8 Å². The summed E-state index contributed by atoms with van der Waals surface area (Å²) in [7, 11) is 3.62. The number of aromatic nitrogens is 1. The first-order valence-electron chi connectivity index (χ1n) is 5.75. The molecule has 2 aromatic rings. The molecule has 0 radical (unpaired) electrons. The average molecular weight is 243 g/mol. The summed E-state index contributed by atoms with van der Waals surface area (Å²) < 4.78 is 5.09. The van der Waals surface area contributed by atoms with Crippen LogP contribution in [0.25, 0.3) is 0 Å². The molecule has 0 aliphatic carbocycles. The predicted molar refractivity (Wildman–Crippen MR) is 73.8 cm³/mol. The predicted octanol–water partition coefficient (Wildman–Crippen LogP) is 2.31. The number of rotatable bonds is 4. The molecule has 2 rings (SSSR count). The summed E-state index contributed by atoms with van der Waals surface area (Å²) in [5.41, 5.74) is 7.82. The molecule has 0 aliphatic heterocycles. The molecule has 0 atom stereocenters. The third-order valence-electron chi connectivity index (χ3n) is 2.81. The normalized spacial score (nSPS) is 10.1. The van der Waals surface area contributed by atoms with Crippen LogP contribution in [0, 0.1) is 0 Å². The summed E-state index contributed by atoms with van der Waals surface area (Å²) in [6.07, 6.45) is 1.71. The van der Waals surface area contributed by atoms with Crippen LogP contribution >= 0.6 is 0 Å². The number of anilines is 2. The highest BCUT2D eigenvalue weighted by Gasteiger charge is 2.05. The minimum absolute atomic E-state index is 0.728. The Hall–Kier alpha value is -2.23. The van der Waals surface area contributed by atoms with E-state index in [0.717, 1.165) is 29.4 Å². The van der Waals surface area contributed by atoms with Crippen molar-refractivity contribution in [2.75, 3.05) is 24.8 Å². The van der Waals surface area contributed by atoms with Crippen molar-refractivity contribution in [3.63, 3.8) is 0 Å². The molecule has 0 saturated heterocycles. The molecule has 0 aliphatic rings. The Morgan fingerprint density at radius 3 is 2.61 bits per heavy atom. The number of methoxy groups -OCH3 is 1. The first-order valence-corrected chi connectivity index (χ1v) is 5.75. The first-order chi connectivity index (χ1) is 8.70. The van der Waals surface area contributed by atoms with Crippen LogP contribution in [0.3, 0.4) is 0 Å². The van der Waals surface area contributed by atoms with Crippen molar-refractivity contribution in [2.24, 2.45) is 0 Å². The maximum absolute atomic E-state index is 5.93. The van der Waals surface area contributed by atoms with Crippen LogP contribution < -0.4 is 15.4 Å². The third-order valence-corrected chi connectivity index (χ3v) is 2.81. The third kappa shape index (κ3) is 2.71. The molecule has 4 heteroatoms. The molecule has 18 heavy (non-hydrogen) atoms. The Bertz CT molecular complexity index is 511. The summed E-state index contributed by atoms with van der Waals surface area (Å²) >= 11 is 0. The van der Waals surface area contributed by atoms with Gasteiger partial charge in [0.05, 0.1) is 13.3 Å². The van der Waals surface area contributed by atoms with E-state index in [1.165, 1.54) is 0 Å². The number of ether oxygens (including phenoxy) is 1. The molecular formula is C14H17N3O. The van der Waals surface area contributed by atoms with Gasteiger partial charge >= 0.3 is 0 Å². The van der Waals surface area contributed by atoms with Crippen molar-refractivity contribution < 1.29 is 4.74 Å². The molecule has 1 heterocycles. The lowest BCUT2D eigenvalue weighted by atomic mass is 10.2. The molecule has 0 bridgehead atoms. The van der Waals surface area contributed by atoms with Crippen LogP contribution in [-0.4, -0.2) is 19.1 Å². The second-order valence-corrected chi connectivity index (χ2v) is 4.11. The molecule has 1 aromatic heterocycles. The smallest absolute Gasteiger partial charge is 0.137 e. The van der Waals surface area contributed by atoms with Crippen molar-refractivity contribution >= 4 is 11.5 Å². The number of hydrogen-bond acceptors (Lipinski definition) is 4. The van der Waals surface area contributed by atoms with Crippen molar-refractivity contribution in [1.29, 1.82) is 0 Å². The minimum atomic E-state index is 0.728. The van der Waals surface area contributed by atoms with Gasteiger partial charge in [0.2, 0.25) is 0 Å². The quantitative estimate of drug-likeness (QED) is 0.837. The maximum atomic E-state index is 5.93. The highest BCUT2D eigenvalue weighted by atomic mass is 16.5. The lowest BCUT2D eigenvalue weighted by molar-refractivity contribution is 0.413. The Morgan fingerprint density at radius 2 is 2.00 bits per heavy atom. The van der Waals surface area contributed by atoms with Crippen molar-refractivity contribution in [2.45, 2.75) is 6.54 Å². The van der Waals surface area contributed by atoms with Crippen LogP contribution in [0.5, 0.6) is 5.75 Å². The molecule has 0 amide bonds. The van der Waals surface area contributed by atoms with Crippen molar-refractivity contribution in [3.8, 4) is 5.75 Å². The van der Waals surface area contributed by atoms with E-state index in [1.54, 1.807) is 13.3 Å². The zero-order valence-corrected chi connectivity index (χ0v) is 10.6. The van der Waals surface area contributed by atoms with Gasteiger partial charge in [0.25, 0.3) is 0 Å². The number of nitrogens with zero attached hydrogens (tertiary/aromatic N) is 2. The first kappa shape index (κ1) is 12.2. The van der Waals surface area contributed by atoms with Gasteiger partial charge in [-0.2, -0.15) is 0 Å². The molecule has 0 spiro atoms. The van der Waals surface area contributed by atoms with E-state index in [4.69, 9.17) is 10.5 Å². The van der Waals surface area contributed by atoms with Crippen LogP contribution in [0.2, 0.25) is 0 Å². The van der Waals surface area contributed by atoms with E-state index in [0.29, 0.717) is 0 Å². The fraction of sp³-hybridized carbons (Fsp3) is 0.214. The maximum Gasteiger partial charge on any atom is 0.137 e. The molecule has 4 nitrogen and oxygen atoms in total. The second-order valence-electron chi connectivity index (χ2n) is 4.11. The van der Waals surface area contributed by atoms with Gasteiger partial charge in [-0.25, -0.2) is 4.98 Å². The molecule has 94 valence electrons. The highest BCUT2D eigenvalue weighted by Crippen LogP contribution is 2.18. The van der Waals surface area contributed by atoms with Crippen molar-refractivity contribution in [3.05, 3.63) is 48.2 Å². The number of para-hydroxylation sites is 1. The fourth-order valence-corrected chi connectivity index (χ4v) is 1.73. The summed E-state index contributed by atoms with van der Waals surface area (Å²) in [6, 6.07) is 11.7. The van der Waals surface area contributed by atoms with E-state index >= 15 is 0 Å². The van der Waals surface area contributed by atoms with Crippen molar-refractivity contribution in [1.82, 2.24) is 4.98 Å². The number of benzene rings is 1. The summed E-state index contributed by atoms with van der Waals surface area (Å²) in [6.45, 7) is 0.728. The van der Waals surface area contributed by atoms with Crippen LogP contribution in [0.4, 0.5) is 11.5 Å². The van der Waals surface area contributed by atoms with Crippen LogP contribution in [0.15, 0.2) is 42.6 Å². The topological polar surface area (TPSA) is 51.4 Å². The molecular weight excluding hydrogens is 226 g/mol. The Labute approximate surface area is 107 Å². The number of hydrogen-bond donors (Lipinski definition) is 1. The van der Waals surface area contributed by atoms with E-state index < -0.39 is 0 Å². The second kappa shape index (κ2) is 5.40. The van der Waals surface area contributed by atoms with Gasteiger partial charge < -0.3 is 15.4 Å². The average Bonchev–Trinajstić information content (AvgIpc) is 2.41. The highest BCUT2D eigenvalue weighted by molar-refractivity contribution is 5.49. The molecule has 0 saturated carbocycles. The number of pyridine rings is 1. The largest absolute Gasteiger partial charge is 0.495 e. The Morgan fingerprint density at radius 1 is 1.22 bits per heavy atom. The fourth-order valence-electron chi connectivity index (χ4n) is 1.73. The molecule has 0 fully saturated rings. The SMILES string of the molecule is COc1ccc(N(C)Cc2ccccc2N)nc1. The summed E-state index contributed by atoms with van der Waals surface area (Å²) in [4.78, 5) is 6.38. The van der Waals surface area contributed by atoms with Gasteiger partial charge in [0.1, 0.15) is 11.6 Å². The van der Waals surface area contributed by atoms with E-state index in [2.05, 4.69) is 4.98 Å². The Kier molecular flexibility index (Phi) is 3.67. The minimum Gasteiger partial charge on any atom is -0.495 e. The van der Waals surface area contributed by atoms with E-state index in [1.807, 2.05) is 48.3 Å². The summed E-state index contributed by atoms with van der Waals surface area (Å²) in [5, 5.41) is 0. The van der Waals surface area contributed by atoms with E-state index in [-0.39, 0.29) is 0 Å². The monoisotopic (exact) mass is 243 g/mol. The van der Waals surface area contributed by atoms with Gasteiger partial charge in [0.15, 0.2) is 0 Å². The van der Waals surface area contributed by atoms with Crippen LogP contribution in [-0.2, 0) is 6.54 Å². The number of nitrogens with two attached hydrogens (primary N) is 1. The van der Waals surface area contributed by atoms with Crippen LogP contribution in [0.1, 0.15) is 5.56 Å². The number of nitrogen functional groups attached to an aromatic ring is 1. The molecule has 2 N–H and O–H groups in total. The van der Waals surface area contributed by atoms with Gasteiger partial charge in [-0.3, -0.25) is 0 Å². The van der Waals surface area contributed by atoms with Gasteiger partial charge in [-0.1, -0.05) is 18.2 Å². The van der Waals surface area contributed by atoms with Gasteiger partial charge in [0, 0.05) is 19.3 Å². The molecule has 1 aromatic carbocycles. The zero-order chi connectivity index (χ0) is 13.0. The summed E-state index contributed by atoms with van der Waals surface area (Å²) in [5.74, 6) is 1.64. The lowest BCUT2D eigenvalue weighted by Crippen LogP contribution is -2.18. The standard InChI is InChI=1S/C14H17N3O/c1-17(10-11-5-3-4-6-13(11)15)14-8-7-12(18-2)9-16-14/h3-9H,10,15H2,1-2H3. The molecule has 0 unspecified atom stereocenters.